The second kappa shape index (κ2) is 10.5. The number of hydrogen-bond acceptors (Lipinski definition) is 4. The van der Waals surface area contributed by atoms with Gasteiger partial charge in [0.2, 0.25) is 0 Å². The van der Waals surface area contributed by atoms with Crippen LogP contribution in [-0.2, 0) is 4.79 Å². The molecule has 0 aromatic heterocycles. The first-order chi connectivity index (χ1) is 8.07. The Bertz CT molecular complexity index is 200. The van der Waals surface area contributed by atoms with Gasteiger partial charge in [-0.05, 0) is 13.3 Å². The topological polar surface area (TPSA) is 81.6 Å². The molecule has 0 saturated carbocycles. The zero-order valence-corrected chi connectivity index (χ0v) is 10.9. The van der Waals surface area contributed by atoms with Gasteiger partial charge in [-0.2, -0.15) is 0 Å². The van der Waals surface area contributed by atoms with Crippen LogP contribution in [0, 0.1) is 0 Å². The van der Waals surface area contributed by atoms with E-state index in [9.17, 15) is 9.90 Å². The molecule has 0 heterocycles. The van der Waals surface area contributed by atoms with Gasteiger partial charge >= 0.3 is 5.97 Å². The normalized spacial score (nSPS) is 14.5. The van der Waals surface area contributed by atoms with Crippen LogP contribution in [0.4, 0.5) is 0 Å². The van der Waals surface area contributed by atoms with Crippen LogP contribution in [-0.4, -0.2) is 48.0 Å². The van der Waals surface area contributed by atoms with Crippen molar-refractivity contribution in [3.05, 3.63) is 0 Å². The molecular formula is C12H26N2O3. The summed E-state index contributed by atoms with van der Waals surface area (Å²) < 4.78 is 0. The Morgan fingerprint density at radius 3 is 2.59 bits per heavy atom. The second-order valence-corrected chi connectivity index (χ2v) is 4.37. The lowest BCUT2D eigenvalue weighted by Crippen LogP contribution is -2.39. The summed E-state index contributed by atoms with van der Waals surface area (Å²) in [6, 6.07) is -0.522. The van der Waals surface area contributed by atoms with Gasteiger partial charge < -0.3 is 20.8 Å². The molecule has 0 aromatic rings. The van der Waals surface area contributed by atoms with Crippen LogP contribution >= 0.6 is 0 Å². The van der Waals surface area contributed by atoms with E-state index in [2.05, 4.69) is 17.6 Å². The third-order valence-electron chi connectivity index (χ3n) is 2.64. The maximum absolute atomic E-state index is 10.5. The summed E-state index contributed by atoms with van der Waals surface area (Å²) in [7, 11) is 0. The summed E-state index contributed by atoms with van der Waals surface area (Å²) in [5.41, 5.74) is 0. The van der Waals surface area contributed by atoms with Gasteiger partial charge in [0.05, 0.1) is 6.10 Å². The number of carbonyl (C=O) groups is 1. The third kappa shape index (κ3) is 10.2. The highest BCUT2D eigenvalue weighted by Gasteiger charge is 2.08. The van der Waals surface area contributed by atoms with E-state index in [0.29, 0.717) is 19.6 Å². The Morgan fingerprint density at radius 1 is 1.29 bits per heavy atom. The quantitative estimate of drug-likeness (QED) is 0.401. The van der Waals surface area contributed by atoms with Crippen molar-refractivity contribution >= 4 is 5.97 Å². The zero-order valence-electron chi connectivity index (χ0n) is 10.9. The van der Waals surface area contributed by atoms with E-state index in [0.717, 1.165) is 25.7 Å². The van der Waals surface area contributed by atoms with Crippen molar-refractivity contribution in [3.63, 3.8) is 0 Å². The smallest absolute Gasteiger partial charge is 0.320 e. The molecule has 5 nitrogen and oxygen atoms in total. The Labute approximate surface area is 104 Å². The third-order valence-corrected chi connectivity index (χ3v) is 2.64. The van der Waals surface area contributed by atoms with E-state index >= 15 is 0 Å². The van der Waals surface area contributed by atoms with E-state index in [-0.39, 0.29) is 6.10 Å². The Morgan fingerprint density at radius 2 is 2.00 bits per heavy atom. The summed E-state index contributed by atoms with van der Waals surface area (Å²) in [6.45, 7) is 5.59. The van der Waals surface area contributed by atoms with E-state index in [1.165, 1.54) is 0 Å². The van der Waals surface area contributed by atoms with Crippen molar-refractivity contribution in [3.8, 4) is 0 Å². The van der Waals surface area contributed by atoms with Crippen molar-refractivity contribution in [1.82, 2.24) is 10.6 Å². The predicted octanol–water partition coefficient (Wildman–Crippen LogP) is 0.580. The molecule has 0 fully saturated rings. The van der Waals surface area contributed by atoms with Gasteiger partial charge in [-0.3, -0.25) is 4.79 Å². The Kier molecular flexibility index (Phi) is 10.1. The van der Waals surface area contributed by atoms with Gasteiger partial charge in [0.25, 0.3) is 0 Å². The van der Waals surface area contributed by atoms with Crippen molar-refractivity contribution in [2.75, 3.05) is 19.6 Å². The molecule has 0 rings (SSSR count). The maximum atomic E-state index is 10.5. The van der Waals surface area contributed by atoms with Crippen LogP contribution in [0.15, 0.2) is 0 Å². The number of aliphatic carboxylic acids is 1. The van der Waals surface area contributed by atoms with Crippen LogP contribution in [0.25, 0.3) is 0 Å². The van der Waals surface area contributed by atoms with Crippen LogP contribution in [0.1, 0.15) is 39.5 Å². The molecule has 0 amide bonds. The lowest BCUT2D eigenvalue weighted by molar-refractivity contribution is -0.138. The molecule has 0 radical (unpaired) electrons. The lowest BCUT2D eigenvalue weighted by Gasteiger charge is -2.13. The molecule has 102 valence electrons. The van der Waals surface area contributed by atoms with Crippen molar-refractivity contribution < 1.29 is 15.0 Å². The molecule has 0 aromatic carbocycles. The van der Waals surface area contributed by atoms with Crippen LogP contribution < -0.4 is 10.6 Å². The Hall–Kier alpha value is -0.650. The van der Waals surface area contributed by atoms with Gasteiger partial charge in [-0.25, -0.2) is 0 Å². The van der Waals surface area contributed by atoms with Gasteiger partial charge in [0.1, 0.15) is 6.04 Å². The van der Waals surface area contributed by atoms with E-state index in [1.807, 2.05) is 0 Å². The number of aliphatic hydroxyl groups is 1. The molecule has 0 aliphatic rings. The minimum Gasteiger partial charge on any atom is -0.480 e. The van der Waals surface area contributed by atoms with Crippen molar-refractivity contribution in [2.24, 2.45) is 0 Å². The number of carboxylic acids is 1. The highest BCUT2D eigenvalue weighted by Crippen LogP contribution is 2.02. The minimum absolute atomic E-state index is 0.293. The number of unbranched alkanes of at least 4 members (excludes halogenated alkanes) is 2. The average Bonchev–Trinajstić information content (AvgIpc) is 2.28. The molecule has 17 heavy (non-hydrogen) atoms. The highest BCUT2D eigenvalue weighted by atomic mass is 16.4. The first kappa shape index (κ1) is 16.4. The molecule has 2 unspecified atom stereocenters. The largest absolute Gasteiger partial charge is 0.480 e. The minimum atomic E-state index is -0.843. The molecule has 0 saturated heterocycles. The zero-order chi connectivity index (χ0) is 13.1. The fraction of sp³-hybridized carbons (Fsp3) is 0.917. The number of nitrogens with one attached hydrogen (secondary N) is 2. The van der Waals surface area contributed by atoms with Crippen LogP contribution in [0.3, 0.4) is 0 Å². The monoisotopic (exact) mass is 246 g/mol. The summed E-state index contributed by atoms with van der Waals surface area (Å²) in [6.07, 6.45) is 3.93. The summed E-state index contributed by atoms with van der Waals surface area (Å²) in [4.78, 5) is 10.5. The standard InChI is InChI=1S/C12H26N2O3/c1-3-4-5-6-11(15)9-13-7-8-14-10(2)12(16)17/h10-11,13-15H,3-9H2,1-2H3,(H,16,17). The molecule has 4 N–H and O–H groups in total. The number of aliphatic hydroxyl groups excluding tert-OH is 1. The van der Waals surface area contributed by atoms with E-state index in [4.69, 9.17) is 5.11 Å². The lowest BCUT2D eigenvalue weighted by atomic mass is 10.1. The average molecular weight is 246 g/mol. The fourth-order valence-electron chi connectivity index (χ4n) is 1.47. The summed E-state index contributed by atoms with van der Waals surface area (Å²) in [5, 5.41) is 24.2. The van der Waals surface area contributed by atoms with E-state index < -0.39 is 12.0 Å². The van der Waals surface area contributed by atoms with Gasteiger partial charge in [-0.1, -0.05) is 26.2 Å². The van der Waals surface area contributed by atoms with Crippen molar-refractivity contribution in [1.29, 1.82) is 0 Å². The molecule has 0 aliphatic carbocycles. The van der Waals surface area contributed by atoms with Gasteiger partial charge in [0, 0.05) is 19.6 Å². The summed E-state index contributed by atoms with van der Waals surface area (Å²) in [5.74, 6) is -0.843. The first-order valence-corrected chi connectivity index (χ1v) is 6.42. The van der Waals surface area contributed by atoms with Crippen LogP contribution in [0.2, 0.25) is 0 Å². The highest BCUT2D eigenvalue weighted by molar-refractivity contribution is 5.72. The molecule has 0 aliphatic heterocycles. The molecule has 2 atom stereocenters. The summed E-state index contributed by atoms with van der Waals surface area (Å²) >= 11 is 0. The second-order valence-electron chi connectivity index (χ2n) is 4.37. The van der Waals surface area contributed by atoms with E-state index in [1.54, 1.807) is 6.92 Å². The van der Waals surface area contributed by atoms with Crippen LogP contribution in [0.5, 0.6) is 0 Å². The number of hydrogen-bond donors (Lipinski definition) is 4. The Balaban J connectivity index is 3.30. The maximum Gasteiger partial charge on any atom is 0.320 e. The molecule has 5 heteroatoms. The molecule has 0 spiro atoms. The molecule has 0 bridgehead atoms. The number of carboxylic acid groups (broad SMARTS) is 1. The SMILES string of the molecule is CCCCCC(O)CNCCNC(C)C(=O)O. The number of rotatable bonds is 11. The van der Waals surface area contributed by atoms with Gasteiger partial charge in [0.15, 0.2) is 0 Å². The van der Waals surface area contributed by atoms with Gasteiger partial charge in [-0.15, -0.1) is 0 Å². The predicted molar refractivity (Wildman–Crippen MR) is 68.1 cm³/mol. The van der Waals surface area contributed by atoms with Crippen molar-refractivity contribution in [2.45, 2.75) is 51.7 Å². The fourth-order valence-corrected chi connectivity index (χ4v) is 1.47. The first-order valence-electron chi connectivity index (χ1n) is 6.42. The molecular weight excluding hydrogens is 220 g/mol.